The average molecular weight is 411 g/mol. The zero-order valence-electron chi connectivity index (χ0n) is 17.1. The number of nitrogens with zero attached hydrogens (tertiary/aromatic N) is 4. The molecule has 4 aromatic rings. The predicted octanol–water partition coefficient (Wildman–Crippen LogP) is 4.65. The fourth-order valence-electron chi connectivity index (χ4n) is 3.69. The Hall–Kier alpha value is -3.89. The van der Waals surface area contributed by atoms with Crippen LogP contribution >= 0.6 is 0 Å². The highest BCUT2D eigenvalue weighted by molar-refractivity contribution is 5.84. The maximum atomic E-state index is 9.12. The van der Waals surface area contributed by atoms with Gasteiger partial charge in [-0.1, -0.05) is 0 Å². The second kappa shape index (κ2) is 8.09. The second-order valence-electron chi connectivity index (χ2n) is 7.47. The molecule has 1 N–H and O–H groups in total. The summed E-state index contributed by atoms with van der Waals surface area (Å²) in [5, 5.41) is 13.3. The van der Waals surface area contributed by atoms with Gasteiger partial charge in [0.1, 0.15) is 11.3 Å². The van der Waals surface area contributed by atoms with Gasteiger partial charge in [0.2, 0.25) is 5.95 Å². The van der Waals surface area contributed by atoms with Crippen LogP contribution in [-0.2, 0) is 4.74 Å². The molecule has 0 spiro atoms. The number of nitrogens with one attached hydrogen (secondary N) is 1. The Morgan fingerprint density at radius 3 is 2.65 bits per heavy atom. The van der Waals surface area contributed by atoms with Crippen molar-refractivity contribution in [2.75, 3.05) is 36.5 Å². The average Bonchev–Trinajstić information content (AvgIpc) is 3.24. The third-order valence-electron chi connectivity index (χ3n) is 5.35. The molecule has 3 heterocycles. The predicted molar refractivity (Wildman–Crippen MR) is 119 cm³/mol. The summed E-state index contributed by atoms with van der Waals surface area (Å²) in [5.41, 5.74) is 5.04. The quantitative estimate of drug-likeness (QED) is 0.523. The molecule has 7 heteroatoms. The molecule has 5 rings (SSSR count). The third kappa shape index (κ3) is 3.93. The molecular formula is C24H21N5O2. The van der Waals surface area contributed by atoms with E-state index in [-0.39, 0.29) is 0 Å². The standard InChI is InChI=1S/C24H21N5O2/c1-16-15-26-24(27-19-3-5-20(6-4-19)29-8-10-30-11-9-29)28-23(16)22-13-18-12-17(14-25)2-7-21(18)31-22/h2-7,12-13,15H,8-11H2,1H3,(H,26,27,28). The molecule has 0 unspecified atom stereocenters. The van der Waals surface area contributed by atoms with E-state index >= 15 is 0 Å². The molecule has 2 aromatic carbocycles. The van der Waals surface area contributed by atoms with Crippen LogP contribution in [-0.4, -0.2) is 36.3 Å². The Balaban J connectivity index is 1.39. The van der Waals surface area contributed by atoms with E-state index < -0.39 is 0 Å². The molecule has 0 atom stereocenters. The molecule has 1 saturated heterocycles. The monoisotopic (exact) mass is 411 g/mol. The summed E-state index contributed by atoms with van der Waals surface area (Å²) in [6.07, 6.45) is 1.78. The number of hydrogen-bond donors (Lipinski definition) is 1. The number of furan rings is 1. The first-order valence-corrected chi connectivity index (χ1v) is 10.2. The Bertz CT molecular complexity index is 1270. The Kier molecular flexibility index (Phi) is 4.98. The lowest BCUT2D eigenvalue weighted by Crippen LogP contribution is -2.36. The number of anilines is 3. The number of fused-ring (bicyclic) bond motifs is 1. The van der Waals surface area contributed by atoms with Crippen LogP contribution in [0.5, 0.6) is 0 Å². The summed E-state index contributed by atoms with van der Waals surface area (Å²) in [6, 6.07) is 17.7. The molecule has 0 aliphatic carbocycles. The normalized spacial score (nSPS) is 13.9. The van der Waals surface area contributed by atoms with Crippen molar-refractivity contribution in [3.8, 4) is 17.5 Å². The molecule has 0 radical (unpaired) electrons. The molecule has 0 amide bonds. The number of morpholine rings is 1. The Labute approximate surface area is 179 Å². The zero-order valence-corrected chi connectivity index (χ0v) is 17.1. The van der Waals surface area contributed by atoms with Crippen LogP contribution in [0.25, 0.3) is 22.4 Å². The molecule has 0 saturated carbocycles. The number of ether oxygens (including phenoxy) is 1. The number of aromatic nitrogens is 2. The lowest BCUT2D eigenvalue weighted by molar-refractivity contribution is 0.122. The van der Waals surface area contributed by atoms with E-state index in [1.54, 1.807) is 12.3 Å². The number of aryl methyl sites for hydroxylation is 1. The van der Waals surface area contributed by atoms with Crippen LogP contribution in [0.2, 0.25) is 0 Å². The van der Waals surface area contributed by atoms with E-state index in [1.165, 1.54) is 5.69 Å². The van der Waals surface area contributed by atoms with Crippen LogP contribution in [0.15, 0.2) is 59.1 Å². The van der Waals surface area contributed by atoms with Gasteiger partial charge in [0.25, 0.3) is 0 Å². The first kappa shape index (κ1) is 19.1. The van der Waals surface area contributed by atoms with Gasteiger partial charge in [0.15, 0.2) is 5.76 Å². The van der Waals surface area contributed by atoms with Crippen LogP contribution in [0.3, 0.4) is 0 Å². The van der Waals surface area contributed by atoms with E-state index in [1.807, 2.05) is 37.3 Å². The van der Waals surface area contributed by atoms with Crippen molar-refractivity contribution in [2.24, 2.45) is 0 Å². The maximum Gasteiger partial charge on any atom is 0.227 e. The lowest BCUT2D eigenvalue weighted by Gasteiger charge is -2.28. The minimum atomic E-state index is 0.498. The van der Waals surface area contributed by atoms with Crippen molar-refractivity contribution < 1.29 is 9.15 Å². The first-order chi connectivity index (χ1) is 15.2. The highest BCUT2D eigenvalue weighted by atomic mass is 16.5. The molecule has 1 aliphatic rings. The van der Waals surface area contributed by atoms with Crippen molar-refractivity contribution in [2.45, 2.75) is 6.92 Å². The molecule has 1 fully saturated rings. The van der Waals surface area contributed by atoms with Crippen LogP contribution in [0.1, 0.15) is 11.1 Å². The van der Waals surface area contributed by atoms with E-state index in [0.717, 1.165) is 54.2 Å². The SMILES string of the molecule is Cc1cnc(Nc2ccc(N3CCOCC3)cc2)nc1-c1cc2cc(C#N)ccc2o1. The van der Waals surface area contributed by atoms with Crippen molar-refractivity contribution >= 4 is 28.3 Å². The highest BCUT2D eigenvalue weighted by Gasteiger charge is 2.14. The minimum absolute atomic E-state index is 0.498. The van der Waals surface area contributed by atoms with Crippen molar-refractivity contribution in [1.29, 1.82) is 5.26 Å². The third-order valence-corrected chi connectivity index (χ3v) is 5.35. The van der Waals surface area contributed by atoms with Gasteiger partial charge in [-0.25, -0.2) is 9.97 Å². The first-order valence-electron chi connectivity index (χ1n) is 10.2. The fourth-order valence-corrected chi connectivity index (χ4v) is 3.69. The highest BCUT2D eigenvalue weighted by Crippen LogP contribution is 2.30. The molecular weight excluding hydrogens is 390 g/mol. The van der Waals surface area contributed by atoms with Gasteiger partial charge in [-0.15, -0.1) is 0 Å². The van der Waals surface area contributed by atoms with E-state index in [4.69, 9.17) is 14.4 Å². The van der Waals surface area contributed by atoms with Crippen LogP contribution in [0.4, 0.5) is 17.3 Å². The summed E-state index contributed by atoms with van der Waals surface area (Å²) in [4.78, 5) is 11.4. The Morgan fingerprint density at radius 1 is 1.06 bits per heavy atom. The minimum Gasteiger partial charge on any atom is -0.454 e. The van der Waals surface area contributed by atoms with E-state index in [2.05, 4.69) is 38.4 Å². The van der Waals surface area contributed by atoms with Crippen molar-refractivity contribution in [3.63, 3.8) is 0 Å². The Morgan fingerprint density at radius 2 is 1.87 bits per heavy atom. The summed E-state index contributed by atoms with van der Waals surface area (Å²) in [6.45, 7) is 5.29. The number of hydrogen-bond acceptors (Lipinski definition) is 7. The molecule has 2 aromatic heterocycles. The summed E-state index contributed by atoms with van der Waals surface area (Å²) < 4.78 is 11.4. The maximum absolute atomic E-state index is 9.12. The van der Waals surface area contributed by atoms with Gasteiger partial charge in [0, 0.05) is 36.0 Å². The fraction of sp³-hybridized carbons (Fsp3) is 0.208. The largest absolute Gasteiger partial charge is 0.454 e. The van der Waals surface area contributed by atoms with Gasteiger partial charge in [0.05, 0.1) is 24.8 Å². The van der Waals surface area contributed by atoms with Gasteiger partial charge < -0.3 is 19.4 Å². The summed E-state index contributed by atoms with van der Waals surface area (Å²) in [5.74, 6) is 1.15. The number of rotatable bonds is 4. The molecule has 154 valence electrons. The van der Waals surface area contributed by atoms with Gasteiger partial charge in [-0.2, -0.15) is 5.26 Å². The lowest BCUT2D eigenvalue weighted by atomic mass is 10.1. The topological polar surface area (TPSA) is 87.2 Å². The van der Waals surface area contributed by atoms with Gasteiger partial charge in [-0.3, -0.25) is 0 Å². The molecule has 31 heavy (non-hydrogen) atoms. The van der Waals surface area contributed by atoms with Gasteiger partial charge >= 0.3 is 0 Å². The molecule has 7 nitrogen and oxygen atoms in total. The van der Waals surface area contributed by atoms with Crippen LogP contribution < -0.4 is 10.2 Å². The zero-order chi connectivity index (χ0) is 21.2. The van der Waals surface area contributed by atoms with E-state index in [0.29, 0.717) is 17.3 Å². The van der Waals surface area contributed by atoms with Crippen molar-refractivity contribution in [3.05, 3.63) is 65.9 Å². The summed E-state index contributed by atoms with van der Waals surface area (Å²) >= 11 is 0. The summed E-state index contributed by atoms with van der Waals surface area (Å²) in [7, 11) is 0. The van der Waals surface area contributed by atoms with Crippen LogP contribution in [0, 0.1) is 18.3 Å². The number of nitriles is 1. The van der Waals surface area contributed by atoms with Crippen molar-refractivity contribution in [1.82, 2.24) is 9.97 Å². The molecule has 0 bridgehead atoms. The smallest absolute Gasteiger partial charge is 0.227 e. The number of benzene rings is 2. The second-order valence-corrected chi connectivity index (χ2v) is 7.47. The van der Waals surface area contributed by atoms with Gasteiger partial charge in [-0.05, 0) is 61.0 Å². The molecule has 1 aliphatic heterocycles. The van der Waals surface area contributed by atoms with E-state index in [9.17, 15) is 0 Å².